The van der Waals surface area contributed by atoms with Gasteiger partial charge in [0.25, 0.3) is 0 Å². The quantitative estimate of drug-likeness (QED) is 0.872. The van der Waals surface area contributed by atoms with E-state index in [1.807, 2.05) is 0 Å². The maximum Gasteiger partial charge on any atom is 0.243 e. The van der Waals surface area contributed by atoms with Crippen LogP contribution < -0.4 is 4.72 Å². The first-order chi connectivity index (χ1) is 9.31. The lowest BCUT2D eigenvalue weighted by atomic mass is 9.93. The van der Waals surface area contributed by atoms with Gasteiger partial charge in [-0.3, -0.25) is 0 Å². The number of benzene rings is 1. The van der Waals surface area contributed by atoms with Crippen molar-refractivity contribution < 1.29 is 13.5 Å². The van der Waals surface area contributed by atoms with Crippen molar-refractivity contribution in [1.29, 1.82) is 0 Å². The fraction of sp³-hybridized carbons (Fsp3) is 0.500. The average molecular weight is 359 g/mol. The first kappa shape index (κ1) is 16.3. The molecule has 4 nitrogen and oxygen atoms in total. The minimum Gasteiger partial charge on any atom is -0.391 e. The molecule has 2 rings (SSSR count). The van der Waals surface area contributed by atoms with Crippen molar-refractivity contribution in [2.24, 2.45) is 0 Å². The van der Waals surface area contributed by atoms with Gasteiger partial charge in [-0.2, -0.15) is 0 Å². The summed E-state index contributed by atoms with van der Waals surface area (Å²) >= 11 is 17.6. The number of sulfonamides is 1. The van der Waals surface area contributed by atoms with Crippen molar-refractivity contribution >= 4 is 44.8 Å². The highest BCUT2D eigenvalue weighted by Gasteiger charge is 2.30. The molecular weight excluding hydrogens is 345 g/mol. The van der Waals surface area contributed by atoms with Gasteiger partial charge in [0.1, 0.15) is 4.90 Å². The van der Waals surface area contributed by atoms with Crippen molar-refractivity contribution in [3.8, 4) is 0 Å². The Kier molecular flexibility index (Phi) is 5.21. The molecule has 2 atom stereocenters. The van der Waals surface area contributed by atoms with Crippen LogP contribution in [0.3, 0.4) is 0 Å². The Morgan fingerprint density at radius 3 is 2.20 bits per heavy atom. The monoisotopic (exact) mass is 357 g/mol. The molecule has 1 aromatic carbocycles. The van der Waals surface area contributed by atoms with E-state index in [0.717, 1.165) is 12.8 Å². The van der Waals surface area contributed by atoms with Crippen LogP contribution in [-0.2, 0) is 10.0 Å². The Balaban J connectivity index is 2.31. The van der Waals surface area contributed by atoms with Gasteiger partial charge in [0.15, 0.2) is 0 Å². The summed E-state index contributed by atoms with van der Waals surface area (Å²) in [4.78, 5) is -0.206. The topological polar surface area (TPSA) is 66.4 Å². The van der Waals surface area contributed by atoms with Crippen LogP contribution in [0.1, 0.15) is 25.7 Å². The number of nitrogens with one attached hydrogen (secondary N) is 1. The molecule has 0 aromatic heterocycles. The number of halogens is 3. The zero-order valence-corrected chi connectivity index (χ0v) is 13.5. The molecule has 20 heavy (non-hydrogen) atoms. The zero-order chi connectivity index (χ0) is 14.9. The molecule has 0 bridgehead atoms. The molecule has 1 aromatic rings. The third-order valence-electron chi connectivity index (χ3n) is 3.27. The van der Waals surface area contributed by atoms with E-state index in [1.165, 1.54) is 12.1 Å². The summed E-state index contributed by atoms with van der Waals surface area (Å²) in [5, 5.41) is 10.0. The van der Waals surface area contributed by atoms with Crippen molar-refractivity contribution in [3.63, 3.8) is 0 Å². The average Bonchev–Trinajstić information content (AvgIpc) is 2.30. The predicted octanol–water partition coefficient (Wildman–Crippen LogP) is 3.23. The standard InChI is InChI=1S/C12H14Cl3NO3S/c13-7-5-8(14)12(9(15)6-7)20(18,19)16-10-3-1-2-4-11(10)17/h5-6,10-11,16-17H,1-4H2/t10-,11-/m0/s1. The van der Waals surface area contributed by atoms with E-state index in [4.69, 9.17) is 34.8 Å². The van der Waals surface area contributed by atoms with Crippen molar-refractivity contribution in [2.45, 2.75) is 42.7 Å². The Labute approximate surface area is 133 Å². The molecule has 112 valence electrons. The van der Waals surface area contributed by atoms with Crippen LogP contribution in [0.2, 0.25) is 15.1 Å². The van der Waals surface area contributed by atoms with Gasteiger partial charge in [0.05, 0.1) is 16.1 Å². The van der Waals surface area contributed by atoms with Crippen LogP contribution >= 0.6 is 34.8 Å². The molecular formula is C12H14Cl3NO3S. The van der Waals surface area contributed by atoms with Gasteiger partial charge in [0, 0.05) is 11.1 Å². The lowest BCUT2D eigenvalue weighted by molar-refractivity contribution is 0.101. The molecule has 0 amide bonds. The first-order valence-electron chi connectivity index (χ1n) is 6.16. The van der Waals surface area contributed by atoms with E-state index >= 15 is 0 Å². The van der Waals surface area contributed by atoms with Gasteiger partial charge in [-0.15, -0.1) is 0 Å². The number of hydrogen-bond acceptors (Lipinski definition) is 3. The Morgan fingerprint density at radius 1 is 1.10 bits per heavy atom. The molecule has 1 aliphatic rings. The number of hydrogen-bond donors (Lipinski definition) is 2. The summed E-state index contributed by atoms with van der Waals surface area (Å²) in [7, 11) is -3.90. The van der Waals surface area contributed by atoms with E-state index in [-0.39, 0.29) is 20.0 Å². The van der Waals surface area contributed by atoms with Gasteiger partial charge in [-0.25, -0.2) is 13.1 Å². The summed E-state index contributed by atoms with van der Waals surface area (Å²) in [6, 6.07) is 2.12. The second-order valence-corrected chi connectivity index (χ2v) is 7.68. The lowest BCUT2D eigenvalue weighted by Crippen LogP contribution is -2.45. The van der Waals surface area contributed by atoms with Crippen LogP contribution in [0.25, 0.3) is 0 Å². The number of aliphatic hydroxyl groups is 1. The van der Waals surface area contributed by atoms with Crippen molar-refractivity contribution in [3.05, 3.63) is 27.2 Å². The second kappa shape index (κ2) is 6.38. The summed E-state index contributed by atoms with van der Waals surface area (Å²) in [6.07, 6.45) is 2.23. The smallest absolute Gasteiger partial charge is 0.243 e. The molecule has 0 aliphatic heterocycles. The van der Waals surface area contributed by atoms with E-state index in [1.54, 1.807) is 0 Å². The predicted molar refractivity (Wildman–Crippen MR) is 80.1 cm³/mol. The third-order valence-corrected chi connectivity index (χ3v) is 5.90. The Bertz CT molecular complexity index is 583. The van der Waals surface area contributed by atoms with Crippen LogP contribution in [-0.4, -0.2) is 25.7 Å². The molecule has 1 fully saturated rings. The summed E-state index contributed by atoms with van der Waals surface area (Å²) in [6.45, 7) is 0. The van der Waals surface area contributed by atoms with E-state index in [2.05, 4.69) is 4.72 Å². The molecule has 0 unspecified atom stereocenters. The SMILES string of the molecule is O=S(=O)(N[C@H]1CCCC[C@@H]1O)c1c(Cl)cc(Cl)cc1Cl. The van der Waals surface area contributed by atoms with Gasteiger partial charge < -0.3 is 5.11 Å². The summed E-state index contributed by atoms with van der Waals surface area (Å²) < 4.78 is 27.2. The lowest BCUT2D eigenvalue weighted by Gasteiger charge is -2.28. The normalized spacial score (nSPS) is 23.8. The minimum atomic E-state index is -3.90. The fourth-order valence-corrected chi connectivity index (χ4v) is 5.14. The maximum absolute atomic E-state index is 12.4. The Morgan fingerprint density at radius 2 is 1.65 bits per heavy atom. The summed E-state index contributed by atoms with van der Waals surface area (Å²) in [5.74, 6) is 0. The Hall–Kier alpha value is -0.0400. The molecule has 0 saturated heterocycles. The third kappa shape index (κ3) is 3.59. The van der Waals surface area contributed by atoms with Gasteiger partial charge in [-0.1, -0.05) is 47.6 Å². The van der Waals surface area contributed by atoms with Crippen LogP contribution in [0.5, 0.6) is 0 Å². The van der Waals surface area contributed by atoms with E-state index in [0.29, 0.717) is 12.8 Å². The highest BCUT2D eigenvalue weighted by molar-refractivity contribution is 7.89. The fourth-order valence-electron chi connectivity index (χ4n) is 2.29. The molecule has 8 heteroatoms. The second-order valence-electron chi connectivity index (χ2n) is 4.78. The van der Waals surface area contributed by atoms with E-state index < -0.39 is 22.2 Å². The molecule has 0 spiro atoms. The zero-order valence-electron chi connectivity index (χ0n) is 10.4. The van der Waals surface area contributed by atoms with Crippen LogP contribution in [0.4, 0.5) is 0 Å². The first-order valence-corrected chi connectivity index (χ1v) is 8.78. The van der Waals surface area contributed by atoms with Crippen molar-refractivity contribution in [1.82, 2.24) is 4.72 Å². The molecule has 0 radical (unpaired) electrons. The van der Waals surface area contributed by atoms with Crippen LogP contribution in [0.15, 0.2) is 17.0 Å². The highest BCUT2D eigenvalue weighted by Crippen LogP contribution is 2.33. The maximum atomic E-state index is 12.4. The molecule has 2 N–H and O–H groups in total. The van der Waals surface area contributed by atoms with Crippen molar-refractivity contribution in [2.75, 3.05) is 0 Å². The summed E-state index contributed by atoms with van der Waals surface area (Å²) in [5.41, 5.74) is 0. The van der Waals surface area contributed by atoms with Crippen LogP contribution in [0, 0.1) is 0 Å². The molecule has 1 saturated carbocycles. The van der Waals surface area contributed by atoms with Gasteiger partial charge in [-0.05, 0) is 25.0 Å². The van der Waals surface area contributed by atoms with Gasteiger partial charge >= 0.3 is 0 Å². The molecule has 0 heterocycles. The number of aliphatic hydroxyl groups excluding tert-OH is 1. The largest absolute Gasteiger partial charge is 0.391 e. The highest BCUT2D eigenvalue weighted by atomic mass is 35.5. The van der Waals surface area contributed by atoms with Gasteiger partial charge in [0.2, 0.25) is 10.0 Å². The minimum absolute atomic E-state index is 0.0414. The molecule has 1 aliphatic carbocycles. The number of rotatable bonds is 3. The van der Waals surface area contributed by atoms with E-state index in [9.17, 15) is 13.5 Å².